The van der Waals surface area contributed by atoms with Crippen LogP contribution in [0.5, 0.6) is 0 Å². The summed E-state index contributed by atoms with van der Waals surface area (Å²) in [5.74, 6) is -0.151. The summed E-state index contributed by atoms with van der Waals surface area (Å²) in [6.07, 6.45) is 4.30. The first-order valence-electron chi connectivity index (χ1n) is 6.13. The second-order valence-corrected chi connectivity index (χ2v) is 7.73. The monoisotopic (exact) mass is 290 g/mol. The highest BCUT2D eigenvalue weighted by molar-refractivity contribution is 8.13. The van der Waals surface area contributed by atoms with E-state index in [2.05, 4.69) is 0 Å². The number of hydrogen-bond donors (Lipinski definition) is 0. The fraction of sp³-hybridized carbons (Fsp3) is 0.538. The van der Waals surface area contributed by atoms with Crippen molar-refractivity contribution >= 4 is 19.7 Å². The normalized spacial score (nSPS) is 19.0. The minimum Gasteiger partial charge on any atom is -0.212 e. The number of hydrogen-bond acceptors (Lipinski definition) is 2. The molecule has 0 radical (unpaired) electrons. The van der Waals surface area contributed by atoms with E-state index < -0.39 is 9.05 Å². The van der Waals surface area contributed by atoms with E-state index in [4.69, 9.17) is 10.7 Å². The highest BCUT2D eigenvalue weighted by Gasteiger charge is 2.29. The topological polar surface area (TPSA) is 34.1 Å². The number of rotatable bonds is 4. The Kier molecular flexibility index (Phi) is 4.28. The molecule has 1 unspecified atom stereocenters. The molecule has 1 atom stereocenters. The van der Waals surface area contributed by atoms with Crippen molar-refractivity contribution in [3.05, 3.63) is 35.6 Å². The van der Waals surface area contributed by atoms with Crippen molar-refractivity contribution in [3.8, 4) is 0 Å². The maximum Gasteiger partial charge on any atom is 0.233 e. The Hall–Kier alpha value is -0.610. The van der Waals surface area contributed by atoms with Gasteiger partial charge in [-0.3, -0.25) is 0 Å². The van der Waals surface area contributed by atoms with Crippen molar-refractivity contribution in [2.45, 2.75) is 31.6 Å². The van der Waals surface area contributed by atoms with Crippen molar-refractivity contribution in [1.82, 2.24) is 0 Å². The molecule has 5 heteroatoms. The molecule has 0 saturated heterocycles. The predicted molar refractivity (Wildman–Crippen MR) is 70.7 cm³/mol. The maximum absolute atomic E-state index is 12.9. The molecule has 0 spiro atoms. The largest absolute Gasteiger partial charge is 0.233 e. The van der Waals surface area contributed by atoms with E-state index in [-0.39, 0.29) is 17.5 Å². The van der Waals surface area contributed by atoms with E-state index in [0.29, 0.717) is 5.92 Å². The average Bonchev–Trinajstić information content (AvgIpc) is 2.79. The van der Waals surface area contributed by atoms with Crippen LogP contribution in [0.1, 0.15) is 37.2 Å². The van der Waals surface area contributed by atoms with E-state index in [1.54, 1.807) is 12.1 Å². The molecule has 0 N–H and O–H groups in total. The van der Waals surface area contributed by atoms with Crippen molar-refractivity contribution in [2.75, 3.05) is 5.75 Å². The Morgan fingerprint density at radius 2 is 1.78 bits per heavy atom. The molecule has 18 heavy (non-hydrogen) atoms. The molecule has 1 aromatic carbocycles. The van der Waals surface area contributed by atoms with Crippen molar-refractivity contribution < 1.29 is 12.8 Å². The van der Waals surface area contributed by atoms with Gasteiger partial charge in [0.1, 0.15) is 5.82 Å². The van der Waals surface area contributed by atoms with E-state index in [9.17, 15) is 12.8 Å². The van der Waals surface area contributed by atoms with Gasteiger partial charge in [0.25, 0.3) is 0 Å². The van der Waals surface area contributed by atoms with Crippen LogP contribution >= 0.6 is 10.7 Å². The lowest BCUT2D eigenvalue weighted by atomic mass is 9.86. The fourth-order valence-corrected chi connectivity index (χ4v) is 4.09. The molecular weight excluding hydrogens is 275 g/mol. The molecule has 1 aliphatic carbocycles. The van der Waals surface area contributed by atoms with Gasteiger partial charge in [-0.2, -0.15) is 0 Å². The van der Waals surface area contributed by atoms with E-state index >= 15 is 0 Å². The zero-order chi connectivity index (χ0) is 13.2. The average molecular weight is 291 g/mol. The van der Waals surface area contributed by atoms with Crippen LogP contribution < -0.4 is 0 Å². The first-order chi connectivity index (χ1) is 8.46. The van der Waals surface area contributed by atoms with Crippen LogP contribution in [0.25, 0.3) is 0 Å². The van der Waals surface area contributed by atoms with Gasteiger partial charge in [0.05, 0.1) is 5.75 Å². The standard InChI is InChI=1S/C13H16ClFO2S/c14-18(16,17)9-13(10-3-1-2-4-10)11-5-7-12(15)8-6-11/h5-8,10,13H,1-4,9H2. The van der Waals surface area contributed by atoms with Gasteiger partial charge in [-0.15, -0.1) is 0 Å². The van der Waals surface area contributed by atoms with E-state index in [1.165, 1.54) is 12.1 Å². The Bertz CT molecular complexity index is 492. The summed E-state index contributed by atoms with van der Waals surface area (Å²) < 4.78 is 35.6. The van der Waals surface area contributed by atoms with Crippen LogP contribution in [0.3, 0.4) is 0 Å². The lowest BCUT2D eigenvalue weighted by Gasteiger charge is -2.22. The van der Waals surface area contributed by atoms with E-state index in [1.807, 2.05) is 0 Å². The van der Waals surface area contributed by atoms with Crippen LogP contribution in [-0.4, -0.2) is 14.2 Å². The maximum atomic E-state index is 12.9. The molecule has 1 aliphatic rings. The lowest BCUT2D eigenvalue weighted by Crippen LogP contribution is -2.18. The zero-order valence-electron chi connectivity index (χ0n) is 9.98. The molecule has 100 valence electrons. The molecule has 2 nitrogen and oxygen atoms in total. The minimum atomic E-state index is -3.54. The van der Waals surface area contributed by atoms with Crippen molar-refractivity contribution in [1.29, 1.82) is 0 Å². The molecule has 1 saturated carbocycles. The molecular formula is C13H16ClFO2S. The van der Waals surface area contributed by atoms with Gasteiger partial charge in [0.15, 0.2) is 0 Å². The SMILES string of the molecule is O=S(=O)(Cl)CC(c1ccc(F)cc1)C1CCCC1. The second-order valence-electron chi connectivity index (χ2n) is 4.91. The van der Waals surface area contributed by atoms with Gasteiger partial charge < -0.3 is 0 Å². The zero-order valence-corrected chi connectivity index (χ0v) is 11.6. The van der Waals surface area contributed by atoms with E-state index in [0.717, 1.165) is 31.2 Å². The molecule has 0 aromatic heterocycles. The second kappa shape index (κ2) is 5.57. The first kappa shape index (κ1) is 13.8. The predicted octanol–water partition coefficient (Wildman–Crippen LogP) is 3.67. The van der Waals surface area contributed by atoms with Crippen LogP contribution in [0.15, 0.2) is 24.3 Å². The molecule has 0 heterocycles. The van der Waals surface area contributed by atoms with Crippen LogP contribution in [-0.2, 0) is 9.05 Å². The Balaban J connectivity index is 2.25. The molecule has 0 aliphatic heterocycles. The van der Waals surface area contributed by atoms with Crippen molar-refractivity contribution in [3.63, 3.8) is 0 Å². The highest BCUT2D eigenvalue weighted by Crippen LogP contribution is 2.38. The summed E-state index contributed by atoms with van der Waals surface area (Å²) in [5.41, 5.74) is 0.868. The number of benzene rings is 1. The Morgan fingerprint density at radius 3 is 2.28 bits per heavy atom. The summed E-state index contributed by atoms with van der Waals surface area (Å²) in [4.78, 5) is 0. The quantitative estimate of drug-likeness (QED) is 0.793. The Morgan fingerprint density at radius 1 is 1.22 bits per heavy atom. The smallest absolute Gasteiger partial charge is 0.212 e. The summed E-state index contributed by atoms with van der Waals surface area (Å²) in [5, 5.41) is 0. The molecule has 1 aromatic rings. The molecule has 0 amide bonds. The molecule has 0 bridgehead atoms. The third-order valence-corrected chi connectivity index (χ3v) is 4.78. The van der Waals surface area contributed by atoms with Gasteiger partial charge in [-0.1, -0.05) is 25.0 Å². The third kappa shape index (κ3) is 3.69. The van der Waals surface area contributed by atoms with Crippen molar-refractivity contribution in [2.24, 2.45) is 5.92 Å². The van der Waals surface area contributed by atoms with Gasteiger partial charge >= 0.3 is 0 Å². The third-order valence-electron chi connectivity index (χ3n) is 3.65. The van der Waals surface area contributed by atoms with Crippen LogP contribution in [0, 0.1) is 11.7 Å². The first-order valence-corrected chi connectivity index (χ1v) is 8.61. The van der Waals surface area contributed by atoms with Gasteiger partial charge in [0.2, 0.25) is 9.05 Å². The fourth-order valence-electron chi connectivity index (χ4n) is 2.79. The van der Waals surface area contributed by atoms with Crippen LogP contribution in [0.4, 0.5) is 4.39 Å². The Labute approximate surface area is 112 Å². The minimum absolute atomic E-state index is 0.0646. The van der Waals surface area contributed by atoms with Crippen LogP contribution in [0.2, 0.25) is 0 Å². The summed E-state index contributed by atoms with van der Waals surface area (Å²) in [6, 6.07) is 6.08. The van der Waals surface area contributed by atoms with Gasteiger partial charge in [-0.25, -0.2) is 12.8 Å². The van der Waals surface area contributed by atoms with Gasteiger partial charge in [0, 0.05) is 16.6 Å². The van der Waals surface area contributed by atoms with Gasteiger partial charge in [-0.05, 0) is 36.5 Å². The summed E-state index contributed by atoms with van der Waals surface area (Å²) >= 11 is 0. The molecule has 1 fully saturated rings. The lowest BCUT2D eigenvalue weighted by molar-refractivity contribution is 0.458. The number of halogens is 2. The summed E-state index contributed by atoms with van der Waals surface area (Å²) in [7, 11) is 1.85. The summed E-state index contributed by atoms with van der Waals surface area (Å²) in [6.45, 7) is 0. The molecule has 2 rings (SSSR count). The highest BCUT2D eigenvalue weighted by atomic mass is 35.7.